The van der Waals surface area contributed by atoms with Gasteiger partial charge in [0.15, 0.2) is 6.61 Å². The van der Waals surface area contributed by atoms with Crippen LogP contribution in [-0.4, -0.2) is 19.1 Å². The molecule has 5 heteroatoms. The van der Waals surface area contributed by atoms with Gasteiger partial charge in [0.1, 0.15) is 5.75 Å². The Morgan fingerprint density at radius 1 is 1.36 bits per heavy atom. The third-order valence-electron chi connectivity index (χ3n) is 1.35. The maximum absolute atomic E-state index is 11.7. The van der Waals surface area contributed by atoms with Gasteiger partial charge in [-0.3, -0.25) is 4.79 Å². The third kappa shape index (κ3) is 3.47. The highest BCUT2D eigenvalue weighted by Crippen LogP contribution is 2.18. The van der Waals surface area contributed by atoms with Crippen LogP contribution < -0.4 is 4.74 Å². The molecule has 0 aromatic heterocycles. The van der Waals surface area contributed by atoms with Gasteiger partial charge in [-0.05, 0) is 12.1 Å². The van der Waals surface area contributed by atoms with Crippen molar-refractivity contribution in [2.45, 2.75) is 6.18 Å². The van der Waals surface area contributed by atoms with Crippen LogP contribution in [0.2, 0.25) is 0 Å². The third-order valence-corrected chi connectivity index (χ3v) is 1.35. The van der Waals surface area contributed by atoms with Gasteiger partial charge in [0.05, 0.1) is 0 Å². The molecule has 1 aromatic carbocycles. The molecule has 0 bridgehead atoms. The summed E-state index contributed by atoms with van der Waals surface area (Å²) in [7, 11) is 0. The zero-order valence-electron chi connectivity index (χ0n) is 6.97. The average Bonchev–Trinajstić information content (AvgIpc) is 2.14. The van der Waals surface area contributed by atoms with E-state index in [0.29, 0.717) is 0 Å². The van der Waals surface area contributed by atoms with Gasteiger partial charge in [0.2, 0.25) is 6.29 Å². The molecule has 0 aliphatic carbocycles. The predicted octanol–water partition coefficient (Wildman–Crippen LogP) is 2.09. The number of hydrogen-bond donors (Lipinski definition) is 0. The second-order valence-corrected chi connectivity index (χ2v) is 2.53. The van der Waals surface area contributed by atoms with Crippen LogP contribution >= 0.6 is 0 Å². The molecule has 0 spiro atoms. The Balaban J connectivity index is 2.63. The first kappa shape index (κ1) is 10.6. The molecular weight excluding hydrogens is 197 g/mol. The minimum Gasteiger partial charge on any atom is -0.484 e. The minimum absolute atomic E-state index is 0.00294. The molecule has 0 unspecified atom stereocenters. The van der Waals surface area contributed by atoms with Gasteiger partial charge < -0.3 is 4.74 Å². The fourth-order valence-electron chi connectivity index (χ4n) is 0.815. The Morgan fingerprint density at radius 2 is 2.07 bits per heavy atom. The van der Waals surface area contributed by atoms with Crippen molar-refractivity contribution < 1.29 is 22.7 Å². The van der Waals surface area contributed by atoms with Gasteiger partial charge >= 0.3 is 6.18 Å². The quantitative estimate of drug-likeness (QED) is 0.751. The molecule has 1 radical (unpaired) electrons. The highest BCUT2D eigenvalue weighted by Gasteiger charge is 2.28. The molecule has 0 amide bonds. The number of rotatable bonds is 3. The largest absolute Gasteiger partial charge is 0.484 e. The van der Waals surface area contributed by atoms with Crippen LogP contribution in [0.15, 0.2) is 24.3 Å². The lowest BCUT2D eigenvalue weighted by molar-refractivity contribution is -0.153. The molecule has 0 saturated carbocycles. The van der Waals surface area contributed by atoms with Crippen molar-refractivity contribution in [1.29, 1.82) is 0 Å². The summed E-state index contributed by atoms with van der Waals surface area (Å²) < 4.78 is 39.6. The zero-order chi connectivity index (χ0) is 10.6. The maximum Gasteiger partial charge on any atom is 0.422 e. The van der Waals surface area contributed by atoms with Crippen LogP contribution in [0.1, 0.15) is 5.56 Å². The second kappa shape index (κ2) is 4.13. The highest BCUT2D eigenvalue weighted by atomic mass is 19.4. The fraction of sp³-hybridized carbons (Fsp3) is 0.222. The van der Waals surface area contributed by atoms with Crippen LogP contribution in [0, 0.1) is 0 Å². The van der Waals surface area contributed by atoms with E-state index in [-0.39, 0.29) is 11.3 Å². The molecule has 0 aliphatic rings. The summed E-state index contributed by atoms with van der Waals surface area (Å²) in [5.74, 6) is 0.00294. The van der Waals surface area contributed by atoms with Crippen LogP contribution in [0.3, 0.4) is 0 Å². The fourth-order valence-corrected chi connectivity index (χ4v) is 0.815. The standard InChI is InChI=1S/C9H6F3O2/c10-9(11,12)6-14-8-3-1-2-7(4-8)5-13/h1-4H,6H2. The molecule has 2 nitrogen and oxygen atoms in total. The van der Waals surface area contributed by atoms with Crippen molar-refractivity contribution in [2.75, 3.05) is 6.61 Å². The van der Waals surface area contributed by atoms with Gasteiger partial charge in [-0.2, -0.15) is 13.2 Å². The summed E-state index contributed by atoms with van der Waals surface area (Å²) in [6.07, 6.45) is -2.82. The molecule has 0 aliphatic heterocycles. The van der Waals surface area contributed by atoms with Crippen molar-refractivity contribution in [3.63, 3.8) is 0 Å². The van der Waals surface area contributed by atoms with Gasteiger partial charge in [0.25, 0.3) is 0 Å². The number of alkyl halides is 3. The second-order valence-electron chi connectivity index (χ2n) is 2.53. The SMILES string of the molecule is O=[C]c1cccc(OCC(F)(F)F)c1. The topological polar surface area (TPSA) is 26.3 Å². The Hall–Kier alpha value is -1.52. The van der Waals surface area contributed by atoms with E-state index >= 15 is 0 Å². The summed E-state index contributed by atoms with van der Waals surface area (Å²) in [5, 5.41) is 0. The molecule has 1 rings (SSSR count). The summed E-state index contributed by atoms with van der Waals surface area (Å²) >= 11 is 0. The maximum atomic E-state index is 11.7. The Bertz CT molecular complexity index is 320. The van der Waals surface area contributed by atoms with E-state index in [2.05, 4.69) is 4.74 Å². The van der Waals surface area contributed by atoms with Crippen molar-refractivity contribution in [3.8, 4) is 5.75 Å². The molecule has 0 atom stereocenters. The van der Waals surface area contributed by atoms with E-state index < -0.39 is 12.8 Å². The smallest absolute Gasteiger partial charge is 0.422 e. The zero-order valence-corrected chi connectivity index (χ0v) is 6.97. The van der Waals surface area contributed by atoms with Crippen molar-refractivity contribution in [2.24, 2.45) is 0 Å². The van der Waals surface area contributed by atoms with Gasteiger partial charge in [0, 0.05) is 5.56 Å². The van der Waals surface area contributed by atoms with Gasteiger partial charge in [-0.1, -0.05) is 12.1 Å². The molecular formula is C9H6F3O2. The van der Waals surface area contributed by atoms with E-state index in [9.17, 15) is 18.0 Å². The summed E-state index contributed by atoms with van der Waals surface area (Å²) in [5.41, 5.74) is 0.157. The number of benzene rings is 1. The van der Waals surface area contributed by atoms with E-state index in [4.69, 9.17) is 0 Å². The first-order valence-corrected chi connectivity index (χ1v) is 3.69. The van der Waals surface area contributed by atoms with E-state index in [1.807, 2.05) is 0 Å². The molecule has 0 fully saturated rings. The lowest BCUT2D eigenvalue weighted by Gasteiger charge is -2.08. The Morgan fingerprint density at radius 3 is 2.64 bits per heavy atom. The van der Waals surface area contributed by atoms with E-state index in [1.54, 1.807) is 6.29 Å². The van der Waals surface area contributed by atoms with Crippen molar-refractivity contribution in [1.82, 2.24) is 0 Å². The van der Waals surface area contributed by atoms with E-state index in [1.165, 1.54) is 24.3 Å². The average molecular weight is 203 g/mol. The Labute approximate surface area is 78.3 Å². The molecule has 0 saturated heterocycles. The molecule has 75 valence electrons. The monoisotopic (exact) mass is 203 g/mol. The highest BCUT2D eigenvalue weighted by molar-refractivity contribution is 5.75. The van der Waals surface area contributed by atoms with Crippen LogP contribution in [0.25, 0.3) is 0 Å². The summed E-state index contributed by atoms with van der Waals surface area (Å²) in [6, 6.07) is 5.38. The van der Waals surface area contributed by atoms with Crippen molar-refractivity contribution in [3.05, 3.63) is 29.8 Å². The van der Waals surface area contributed by atoms with Crippen LogP contribution in [0.5, 0.6) is 5.75 Å². The van der Waals surface area contributed by atoms with Crippen LogP contribution in [0.4, 0.5) is 13.2 Å². The minimum atomic E-state index is -4.37. The summed E-state index contributed by atoms with van der Waals surface area (Å²) in [6.45, 7) is -1.37. The molecule has 0 heterocycles. The lowest BCUT2D eigenvalue weighted by atomic mass is 10.2. The lowest BCUT2D eigenvalue weighted by Crippen LogP contribution is -2.19. The van der Waals surface area contributed by atoms with Crippen molar-refractivity contribution >= 4 is 6.29 Å². The number of carbonyl (C=O) groups excluding carboxylic acids is 1. The first-order valence-electron chi connectivity index (χ1n) is 3.69. The molecule has 0 N–H and O–H groups in total. The molecule has 1 aromatic rings. The van der Waals surface area contributed by atoms with Crippen LogP contribution in [-0.2, 0) is 4.79 Å². The summed E-state index contributed by atoms with van der Waals surface area (Å²) in [4.78, 5) is 10.2. The number of halogens is 3. The van der Waals surface area contributed by atoms with Gasteiger partial charge in [-0.15, -0.1) is 0 Å². The number of ether oxygens (including phenoxy) is 1. The van der Waals surface area contributed by atoms with E-state index in [0.717, 1.165) is 0 Å². The normalized spacial score (nSPS) is 11.1. The molecule has 14 heavy (non-hydrogen) atoms. The first-order chi connectivity index (χ1) is 6.51. The number of hydrogen-bond acceptors (Lipinski definition) is 2. The predicted molar refractivity (Wildman–Crippen MR) is 42.8 cm³/mol. The van der Waals surface area contributed by atoms with Gasteiger partial charge in [-0.25, -0.2) is 0 Å². The Kier molecular flexibility index (Phi) is 3.11.